The van der Waals surface area contributed by atoms with Crippen LogP contribution in [0.25, 0.3) is 0 Å². The highest BCUT2D eigenvalue weighted by Crippen LogP contribution is 2.22. The minimum atomic E-state index is 0.0606. The number of aromatic nitrogens is 1. The first-order chi connectivity index (χ1) is 9.10. The molecule has 1 atom stereocenters. The van der Waals surface area contributed by atoms with Crippen LogP contribution in [-0.4, -0.2) is 4.98 Å². The van der Waals surface area contributed by atoms with E-state index in [0.29, 0.717) is 0 Å². The van der Waals surface area contributed by atoms with E-state index in [-0.39, 0.29) is 6.04 Å². The summed E-state index contributed by atoms with van der Waals surface area (Å²) in [6.07, 6.45) is 4.47. The van der Waals surface area contributed by atoms with Crippen LogP contribution in [0.4, 0.5) is 0 Å². The fraction of sp³-hybridized carbons (Fsp3) is 0.267. The SMILES string of the molecule is Cc1ccc(C)c(CC(NN)c2cncc(Br)c2)c1. The summed E-state index contributed by atoms with van der Waals surface area (Å²) in [6, 6.07) is 8.60. The fourth-order valence-electron chi connectivity index (χ4n) is 2.13. The summed E-state index contributed by atoms with van der Waals surface area (Å²) >= 11 is 3.44. The van der Waals surface area contributed by atoms with Crippen LogP contribution in [0.5, 0.6) is 0 Å². The van der Waals surface area contributed by atoms with Crippen LogP contribution in [0.2, 0.25) is 0 Å². The summed E-state index contributed by atoms with van der Waals surface area (Å²) in [5.74, 6) is 5.70. The van der Waals surface area contributed by atoms with Crippen molar-refractivity contribution in [2.45, 2.75) is 26.3 Å². The largest absolute Gasteiger partial charge is 0.271 e. The van der Waals surface area contributed by atoms with E-state index in [0.717, 1.165) is 16.5 Å². The number of hydrogen-bond acceptors (Lipinski definition) is 3. The van der Waals surface area contributed by atoms with E-state index in [4.69, 9.17) is 5.84 Å². The van der Waals surface area contributed by atoms with Crippen LogP contribution < -0.4 is 11.3 Å². The number of halogens is 1. The topological polar surface area (TPSA) is 50.9 Å². The molecule has 19 heavy (non-hydrogen) atoms. The summed E-state index contributed by atoms with van der Waals surface area (Å²) < 4.78 is 0.964. The fourth-order valence-corrected chi connectivity index (χ4v) is 2.51. The normalized spacial score (nSPS) is 12.4. The van der Waals surface area contributed by atoms with Crippen LogP contribution in [0.15, 0.2) is 41.1 Å². The summed E-state index contributed by atoms with van der Waals surface area (Å²) in [7, 11) is 0. The van der Waals surface area contributed by atoms with Crippen molar-refractivity contribution >= 4 is 15.9 Å². The number of rotatable bonds is 4. The van der Waals surface area contributed by atoms with Crippen LogP contribution in [0.3, 0.4) is 0 Å². The van der Waals surface area contributed by atoms with Gasteiger partial charge in [-0.25, -0.2) is 0 Å². The van der Waals surface area contributed by atoms with E-state index in [1.165, 1.54) is 16.7 Å². The first-order valence-corrected chi connectivity index (χ1v) is 7.02. The molecule has 1 heterocycles. The summed E-state index contributed by atoms with van der Waals surface area (Å²) in [6.45, 7) is 4.23. The molecule has 4 heteroatoms. The van der Waals surface area contributed by atoms with Crippen LogP contribution in [0.1, 0.15) is 28.3 Å². The van der Waals surface area contributed by atoms with Gasteiger partial charge in [-0.15, -0.1) is 0 Å². The van der Waals surface area contributed by atoms with Crippen LogP contribution >= 0.6 is 15.9 Å². The maximum atomic E-state index is 5.70. The van der Waals surface area contributed by atoms with E-state index < -0.39 is 0 Å². The molecule has 0 aliphatic heterocycles. The smallest absolute Gasteiger partial charge is 0.0516 e. The molecule has 0 saturated heterocycles. The number of aryl methyl sites for hydroxylation is 2. The highest BCUT2D eigenvalue weighted by atomic mass is 79.9. The number of nitrogens with one attached hydrogen (secondary N) is 1. The molecule has 0 bridgehead atoms. The third-order valence-electron chi connectivity index (χ3n) is 3.26. The van der Waals surface area contributed by atoms with Gasteiger partial charge in [0.2, 0.25) is 0 Å². The van der Waals surface area contributed by atoms with Crippen molar-refractivity contribution < 1.29 is 0 Å². The zero-order chi connectivity index (χ0) is 13.8. The first kappa shape index (κ1) is 14.2. The Morgan fingerprint density at radius 1 is 1.26 bits per heavy atom. The Morgan fingerprint density at radius 2 is 2.05 bits per heavy atom. The molecule has 0 amide bonds. The summed E-state index contributed by atoms with van der Waals surface area (Å²) in [5.41, 5.74) is 7.82. The molecule has 0 aliphatic rings. The zero-order valence-electron chi connectivity index (χ0n) is 11.2. The predicted octanol–water partition coefficient (Wildman–Crippen LogP) is 3.21. The van der Waals surface area contributed by atoms with Gasteiger partial charge in [-0.3, -0.25) is 16.3 Å². The molecule has 1 aromatic carbocycles. The Hall–Kier alpha value is -1.23. The lowest BCUT2D eigenvalue weighted by Crippen LogP contribution is -2.29. The molecule has 1 aromatic heterocycles. The molecular formula is C15H18BrN3. The molecule has 0 spiro atoms. The highest BCUT2D eigenvalue weighted by molar-refractivity contribution is 9.10. The van der Waals surface area contributed by atoms with Gasteiger partial charge in [-0.05, 0) is 59.0 Å². The van der Waals surface area contributed by atoms with Gasteiger partial charge in [0.25, 0.3) is 0 Å². The lowest BCUT2D eigenvalue weighted by Gasteiger charge is -2.18. The van der Waals surface area contributed by atoms with Gasteiger partial charge < -0.3 is 0 Å². The molecule has 0 saturated carbocycles. The van der Waals surface area contributed by atoms with Gasteiger partial charge in [0, 0.05) is 16.9 Å². The van der Waals surface area contributed by atoms with Gasteiger partial charge >= 0.3 is 0 Å². The molecule has 2 rings (SSSR count). The van der Waals surface area contributed by atoms with Gasteiger partial charge in [0.05, 0.1) is 6.04 Å². The lowest BCUT2D eigenvalue weighted by atomic mass is 9.96. The van der Waals surface area contributed by atoms with Crippen LogP contribution in [-0.2, 0) is 6.42 Å². The molecular weight excluding hydrogens is 302 g/mol. The maximum Gasteiger partial charge on any atom is 0.0516 e. The van der Waals surface area contributed by atoms with E-state index in [9.17, 15) is 0 Å². The number of benzene rings is 1. The number of hydrogen-bond donors (Lipinski definition) is 2. The molecule has 1 unspecified atom stereocenters. The number of nitrogens with zero attached hydrogens (tertiary/aromatic N) is 1. The average molecular weight is 320 g/mol. The zero-order valence-corrected chi connectivity index (χ0v) is 12.7. The van der Waals surface area contributed by atoms with Crippen molar-refractivity contribution in [2.75, 3.05) is 0 Å². The summed E-state index contributed by atoms with van der Waals surface area (Å²) in [4.78, 5) is 4.19. The van der Waals surface area contributed by atoms with E-state index >= 15 is 0 Å². The highest BCUT2D eigenvalue weighted by Gasteiger charge is 2.12. The van der Waals surface area contributed by atoms with Gasteiger partial charge in [0.15, 0.2) is 0 Å². The molecule has 2 aromatic rings. The Balaban J connectivity index is 2.26. The van der Waals surface area contributed by atoms with Crippen LogP contribution in [0, 0.1) is 13.8 Å². The molecule has 3 N–H and O–H groups in total. The third-order valence-corrected chi connectivity index (χ3v) is 3.69. The molecule has 3 nitrogen and oxygen atoms in total. The van der Waals surface area contributed by atoms with Crippen molar-refractivity contribution in [3.8, 4) is 0 Å². The first-order valence-electron chi connectivity index (χ1n) is 6.23. The maximum absolute atomic E-state index is 5.70. The second kappa shape index (κ2) is 6.28. The number of nitrogens with two attached hydrogens (primary N) is 1. The van der Waals surface area contributed by atoms with Crippen molar-refractivity contribution in [1.82, 2.24) is 10.4 Å². The minimum Gasteiger partial charge on any atom is -0.271 e. The van der Waals surface area contributed by atoms with E-state index in [1.807, 2.05) is 12.3 Å². The van der Waals surface area contributed by atoms with Crippen molar-refractivity contribution in [3.63, 3.8) is 0 Å². The average Bonchev–Trinajstić information content (AvgIpc) is 2.39. The number of pyridine rings is 1. The Morgan fingerprint density at radius 3 is 2.74 bits per heavy atom. The lowest BCUT2D eigenvalue weighted by molar-refractivity contribution is 0.549. The number of hydrazine groups is 1. The standard InChI is InChI=1S/C15H18BrN3/c1-10-3-4-11(2)12(5-10)7-15(19-17)13-6-14(16)9-18-8-13/h3-6,8-9,15,19H,7,17H2,1-2H3. The van der Waals surface area contributed by atoms with Gasteiger partial charge in [0.1, 0.15) is 0 Å². The van der Waals surface area contributed by atoms with Crippen molar-refractivity contribution in [3.05, 3.63) is 63.4 Å². The van der Waals surface area contributed by atoms with Gasteiger partial charge in [-0.1, -0.05) is 23.8 Å². The quantitative estimate of drug-likeness (QED) is 0.672. The second-order valence-corrected chi connectivity index (χ2v) is 5.71. The Bertz CT molecular complexity index is 569. The molecule has 0 radical (unpaired) electrons. The molecule has 0 aliphatic carbocycles. The van der Waals surface area contributed by atoms with E-state index in [1.54, 1.807) is 6.20 Å². The monoisotopic (exact) mass is 319 g/mol. The Labute approximate surface area is 122 Å². The minimum absolute atomic E-state index is 0.0606. The van der Waals surface area contributed by atoms with Crippen molar-refractivity contribution in [2.24, 2.45) is 5.84 Å². The molecule has 0 fully saturated rings. The Kier molecular flexibility index (Phi) is 4.69. The summed E-state index contributed by atoms with van der Waals surface area (Å²) in [5, 5.41) is 0. The third kappa shape index (κ3) is 3.62. The predicted molar refractivity (Wildman–Crippen MR) is 81.6 cm³/mol. The second-order valence-electron chi connectivity index (χ2n) is 4.79. The molecule has 100 valence electrons. The van der Waals surface area contributed by atoms with Crippen molar-refractivity contribution in [1.29, 1.82) is 0 Å². The van der Waals surface area contributed by atoms with E-state index in [2.05, 4.69) is 58.4 Å². The van der Waals surface area contributed by atoms with Gasteiger partial charge in [-0.2, -0.15) is 0 Å².